The Morgan fingerprint density at radius 2 is 1.87 bits per heavy atom. The van der Waals surface area contributed by atoms with Crippen LogP contribution in [0.5, 0.6) is 11.5 Å². The van der Waals surface area contributed by atoms with Crippen molar-refractivity contribution in [1.29, 1.82) is 0 Å². The normalized spacial score (nSPS) is 23.0. The van der Waals surface area contributed by atoms with Gasteiger partial charge < -0.3 is 14.4 Å². The Hall–Kier alpha value is -3.06. The van der Waals surface area contributed by atoms with Crippen molar-refractivity contribution in [2.75, 3.05) is 24.9 Å². The third kappa shape index (κ3) is 3.61. The van der Waals surface area contributed by atoms with Crippen molar-refractivity contribution in [2.24, 2.45) is 0 Å². The number of ether oxygens (including phenoxy) is 2. The largest absolute Gasteiger partial charge is 0.454 e. The number of rotatable bonds is 3. The highest BCUT2D eigenvalue weighted by Crippen LogP contribution is 2.38. The Balaban J connectivity index is 1.47. The smallest absolute Gasteiger partial charge is 0.258 e. The molecule has 156 valence electrons. The van der Waals surface area contributed by atoms with E-state index in [1.54, 1.807) is 5.06 Å². The highest BCUT2D eigenvalue weighted by Gasteiger charge is 2.34. The van der Waals surface area contributed by atoms with Crippen LogP contribution < -0.4 is 14.5 Å². The number of piperidine rings is 1. The van der Waals surface area contributed by atoms with Crippen LogP contribution in [0.15, 0.2) is 48.6 Å². The summed E-state index contributed by atoms with van der Waals surface area (Å²) in [6, 6.07) is 11.4. The van der Waals surface area contributed by atoms with Gasteiger partial charge in [0.05, 0.1) is 0 Å². The first-order chi connectivity index (χ1) is 14.7. The van der Waals surface area contributed by atoms with Gasteiger partial charge in [-0.1, -0.05) is 18.2 Å². The van der Waals surface area contributed by atoms with Gasteiger partial charge in [-0.3, -0.25) is 9.63 Å². The minimum absolute atomic E-state index is 0.00717. The molecule has 4 heterocycles. The molecule has 7 nitrogen and oxygen atoms in total. The zero-order chi connectivity index (χ0) is 20.5. The number of anilines is 1. The molecule has 3 aliphatic heterocycles. The second kappa shape index (κ2) is 7.99. The van der Waals surface area contributed by atoms with E-state index in [2.05, 4.69) is 4.98 Å². The Morgan fingerprint density at radius 3 is 2.70 bits per heavy atom. The van der Waals surface area contributed by atoms with Crippen LogP contribution in [-0.2, 0) is 9.63 Å². The van der Waals surface area contributed by atoms with E-state index >= 15 is 0 Å². The molecule has 1 fully saturated rings. The number of likely N-dealkylation sites (tertiary alicyclic amines) is 1. The standard InChI is InChI=1S/C23H25N3O4/c1-16-6-5-7-22(24-16)26-18(17-8-10-19-21(14-17)29-15-28-19)9-11-20(30-26)23(27)25-12-3-2-4-13-25/h5-11,14,18,20H,2-4,12-13,15H2,1H3. The van der Waals surface area contributed by atoms with Crippen molar-refractivity contribution in [3.8, 4) is 11.5 Å². The predicted octanol–water partition coefficient (Wildman–Crippen LogP) is 3.55. The summed E-state index contributed by atoms with van der Waals surface area (Å²) in [4.78, 5) is 25.9. The Morgan fingerprint density at radius 1 is 1.03 bits per heavy atom. The van der Waals surface area contributed by atoms with Crippen LogP contribution in [0.25, 0.3) is 0 Å². The number of amides is 1. The first kappa shape index (κ1) is 18.9. The molecule has 3 aliphatic rings. The van der Waals surface area contributed by atoms with Gasteiger partial charge in [0.15, 0.2) is 23.4 Å². The summed E-state index contributed by atoms with van der Waals surface area (Å²) in [6.45, 7) is 3.75. The fourth-order valence-corrected chi connectivity index (χ4v) is 4.12. The summed E-state index contributed by atoms with van der Waals surface area (Å²) >= 11 is 0. The monoisotopic (exact) mass is 407 g/mol. The molecule has 1 saturated heterocycles. The summed E-state index contributed by atoms with van der Waals surface area (Å²) in [6.07, 6.45) is 6.49. The number of carbonyl (C=O) groups excluding carboxylic acids is 1. The van der Waals surface area contributed by atoms with Gasteiger partial charge in [-0.05, 0) is 62.1 Å². The highest BCUT2D eigenvalue weighted by atomic mass is 16.7. The quantitative estimate of drug-likeness (QED) is 0.725. The highest BCUT2D eigenvalue weighted by molar-refractivity contribution is 5.83. The number of benzene rings is 1. The molecular formula is C23H25N3O4. The van der Waals surface area contributed by atoms with Gasteiger partial charge >= 0.3 is 0 Å². The molecule has 5 rings (SSSR count). The average Bonchev–Trinajstić information content (AvgIpc) is 3.27. The lowest BCUT2D eigenvalue weighted by Gasteiger charge is -2.37. The number of hydroxylamine groups is 1. The van der Waals surface area contributed by atoms with E-state index in [1.807, 2.05) is 60.4 Å². The number of aromatic nitrogens is 1. The molecule has 2 unspecified atom stereocenters. The average molecular weight is 407 g/mol. The molecule has 0 spiro atoms. The second-order valence-electron chi connectivity index (χ2n) is 7.82. The number of nitrogens with zero attached hydrogens (tertiary/aromatic N) is 3. The third-order valence-corrected chi connectivity index (χ3v) is 5.70. The zero-order valence-corrected chi connectivity index (χ0v) is 17.0. The molecule has 7 heteroatoms. The van der Waals surface area contributed by atoms with Crippen LogP contribution >= 0.6 is 0 Å². The maximum absolute atomic E-state index is 13.1. The van der Waals surface area contributed by atoms with Crippen molar-refractivity contribution in [3.05, 3.63) is 59.8 Å². The molecular weight excluding hydrogens is 382 g/mol. The van der Waals surface area contributed by atoms with E-state index < -0.39 is 6.10 Å². The molecule has 0 aliphatic carbocycles. The van der Waals surface area contributed by atoms with Crippen molar-refractivity contribution < 1.29 is 19.1 Å². The van der Waals surface area contributed by atoms with Gasteiger partial charge in [-0.2, -0.15) is 0 Å². The second-order valence-corrected chi connectivity index (χ2v) is 7.82. The number of hydrogen-bond acceptors (Lipinski definition) is 6. The summed E-state index contributed by atoms with van der Waals surface area (Å²) < 4.78 is 11.0. The number of aryl methyl sites for hydroxylation is 1. The molecule has 0 radical (unpaired) electrons. The molecule has 1 amide bonds. The number of carbonyl (C=O) groups is 1. The van der Waals surface area contributed by atoms with Gasteiger partial charge in [-0.15, -0.1) is 0 Å². The lowest BCUT2D eigenvalue weighted by Crippen LogP contribution is -2.47. The van der Waals surface area contributed by atoms with Gasteiger partial charge in [0.2, 0.25) is 6.79 Å². The van der Waals surface area contributed by atoms with Crippen LogP contribution in [0, 0.1) is 6.92 Å². The number of hydrogen-bond donors (Lipinski definition) is 0. The topological polar surface area (TPSA) is 64.1 Å². The third-order valence-electron chi connectivity index (χ3n) is 5.70. The van der Waals surface area contributed by atoms with Gasteiger partial charge in [0, 0.05) is 18.8 Å². The zero-order valence-electron chi connectivity index (χ0n) is 17.0. The van der Waals surface area contributed by atoms with Crippen LogP contribution in [0.2, 0.25) is 0 Å². The summed E-state index contributed by atoms with van der Waals surface area (Å²) in [5.41, 5.74) is 1.86. The Labute approximate surface area is 175 Å². The minimum atomic E-state index is -0.657. The van der Waals surface area contributed by atoms with Crippen molar-refractivity contribution in [3.63, 3.8) is 0 Å². The molecule has 2 aromatic rings. The van der Waals surface area contributed by atoms with Crippen LogP contribution in [0.3, 0.4) is 0 Å². The molecule has 0 bridgehead atoms. The summed E-state index contributed by atoms with van der Waals surface area (Å²) in [5.74, 6) is 2.12. The lowest BCUT2D eigenvalue weighted by atomic mass is 10.0. The van der Waals surface area contributed by atoms with Crippen LogP contribution in [0.1, 0.15) is 36.6 Å². The fourth-order valence-electron chi connectivity index (χ4n) is 4.12. The van der Waals surface area contributed by atoms with Crippen molar-refractivity contribution >= 4 is 11.7 Å². The van der Waals surface area contributed by atoms with E-state index in [9.17, 15) is 4.79 Å². The lowest BCUT2D eigenvalue weighted by molar-refractivity contribution is -0.143. The fraction of sp³-hybridized carbons (Fsp3) is 0.391. The Kier molecular flexibility index (Phi) is 5.04. The maximum Gasteiger partial charge on any atom is 0.258 e. The van der Waals surface area contributed by atoms with Gasteiger partial charge in [0.1, 0.15) is 6.04 Å². The van der Waals surface area contributed by atoms with Gasteiger partial charge in [0.25, 0.3) is 5.91 Å². The number of pyridine rings is 1. The maximum atomic E-state index is 13.1. The SMILES string of the molecule is Cc1cccc(N2OC(C(=O)N3CCCCC3)C=CC2c2ccc3c(c2)OCO3)n1. The molecule has 1 aromatic carbocycles. The van der Waals surface area contributed by atoms with E-state index in [1.165, 1.54) is 6.42 Å². The van der Waals surface area contributed by atoms with E-state index in [-0.39, 0.29) is 18.7 Å². The minimum Gasteiger partial charge on any atom is -0.454 e. The molecule has 1 aromatic heterocycles. The first-order valence-corrected chi connectivity index (χ1v) is 10.5. The van der Waals surface area contributed by atoms with E-state index in [0.717, 1.165) is 42.9 Å². The van der Waals surface area contributed by atoms with Crippen molar-refractivity contribution in [2.45, 2.75) is 38.3 Å². The van der Waals surface area contributed by atoms with E-state index in [4.69, 9.17) is 14.3 Å². The summed E-state index contributed by atoms with van der Waals surface area (Å²) in [7, 11) is 0. The number of fused-ring (bicyclic) bond motifs is 1. The summed E-state index contributed by atoms with van der Waals surface area (Å²) in [5, 5.41) is 1.73. The molecule has 30 heavy (non-hydrogen) atoms. The first-order valence-electron chi connectivity index (χ1n) is 10.5. The van der Waals surface area contributed by atoms with E-state index in [0.29, 0.717) is 11.6 Å². The molecule has 0 saturated carbocycles. The van der Waals surface area contributed by atoms with Crippen LogP contribution in [-0.4, -0.2) is 41.8 Å². The van der Waals surface area contributed by atoms with Crippen LogP contribution in [0.4, 0.5) is 5.82 Å². The predicted molar refractivity (Wildman–Crippen MR) is 111 cm³/mol. The molecule has 2 atom stereocenters. The van der Waals surface area contributed by atoms with Crippen molar-refractivity contribution in [1.82, 2.24) is 9.88 Å². The van der Waals surface area contributed by atoms with Gasteiger partial charge in [-0.25, -0.2) is 10.0 Å². The Bertz CT molecular complexity index is 971. The molecule has 0 N–H and O–H groups in total.